The van der Waals surface area contributed by atoms with Crippen molar-refractivity contribution in [2.45, 2.75) is 70.6 Å². The monoisotopic (exact) mass is 462 g/mol. The first-order chi connectivity index (χ1) is 14.9. The van der Waals surface area contributed by atoms with Crippen molar-refractivity contribution >= 4 is 29.4 Å². The highest BCUT2D eigenvalue weighted by Crippen LogP contribution is 2.44. The normalized spacial score (nSPS) is 24.4. The molecule has 3 aliphatic rings. The van der Waals surface area contributed by atoms with Crippen LogP contribution in [0.4, 0.5) is 0 Å². The van der Waals surface area contributed by atoms with E-state index in [0.29, 0.717) is 23.6 Å². The second-order valence-corrected chi connectivity index (χ2v) is 9.78. The van der Waals surface area contributed by atoms with E-state index >= 15 is 0 Å². The molecule has 0 radical (unpaired) electrons. The topological polar surface area (TPSA) is 93.7 Å². The largest absolute Gasteiger partial charge is 0.478 e. The van der Waals surface area contributed by atoms with Gasteiger partial charge in [0.1, 0.15) is 12.2 Å². The Morgan fingerprint density at radius 3 is 2.59 bits per heavy atom. The zero-order chi connectivity index (χ0) is 23.7. The van der Waals surface area contributed by atoms with Crippen molar-refractivity contribution in [1.29, 1.82) is 0 Å². The van der Waals surface area contributed by atoms with Crippen LogP contribution in [0.2, 0.25) is 5.02 Å². The van der Waals surface area contributed by atoms with Crippen LogP contribution in [0, 0.1) is 12.8 Å². The van der Waals surface area contributed by atoms with Crippen molar-refractivity contribution in [3.8, 4) is 5.75 Å². The number of amides is 2. The fraction of sp³-hybridized carbons (Fsp3) is 0.542. The van der Waals surface area contributed by atoms with Gasteiger partial charge in [0.05, 0.1) is 13.2 Å². The smallest absolute Gasteiger partial charge is 0.315 e. The van der Waals surface area contributed by atoms with Crippen LogP contribution >= 0.6 is 11.6 Å². The molecule has 1 saturated carbocycles. The summed E-state index contributed by atoms with van der Waals surface area (Å²) in [4.78, 5) is 37.0. The number of fused-ring (bicyclic) bond motifs is 3. The van der Waals surface area contributed by atoms with E-state index in [4.69, 9.17) is 16.3 Å². The number of hydrogen-bond acceptors (Lipinski definition) is 5. The number of halogens is 1. The third kappa shape index (κ3) is 5.26. The molecule has 0 spiro atoms. The Kier molecular flexibility index (Phi) is 6.89. The lowest BCUT2D eigenvalue weighted by atomic mass is 9.64. The van der Waals surface area contributed by atoms with Crippen LogP contribution < -0.4 is 15.4 Å². The lowest BCUT2D eigenvalue weighted by molar-refractivity contribution is -0.144. The van der Waals surface area contributed by atoms with Crippen molar-refractivity contribution in [2.24, 2.45) is 5.92 Å². The average Bonchev–Trinajstić information content (AvgIpc) is 2.69. The van der Waals surface area contributed by atoms with Gasteiger partial charge >= 0.3 is 5.97 Å². The second-order valence-electron chi connectivity index (χ2n) is 9.35. The minimum absolute atomic E-state index is 0.198. The lowest BCUT2D eigenvalue weighted by Crippen LogP contribution is -2.62. The van der Waals surface area contributed by atoms with E-state index in [2.05, 4.69) is 28.4 Å². The van der Waals surface area contributed by atoms with Gasteiger partial charge in [-0.3, -0.25) is 14.4 Å². The van der Waals surface area contributed by atoms with Crippen molar-refractivity contribution in [3.05, 3.63) is 40.4 Å². The molecule has 0 aliphatic heterocycles. The van der Waals surface area contributed by atoms with Crippen LogP contribution in [0.3, 0.4) is 0 Å². The fourth-order valence-electron chi connectivity index (χ4n) is 4.67. The Balaban J connectivity index is 1.70. The number of carbonyl (C=O) groups excluding carboxylic acids is 3. The zero-order valence-electron chi connectivity index (χ0n) is 19.2. The first-order valence-corrected chi connectivity index (χ1v) is 11.2. The van der Waals surface area contributed by atoms with Gasteiger partial charge in [0.15, 0.2) is 5.60 Å². The summed E-state index contributed by atoms with van der Waals surface area (Å²) in [5.74, 6) is -0.387. The Labute approximate surface area is 193 Å². The summed E-state index contributed by atoms with van der Waals surface area (Å²) >= 11 is 6.02. The molecule has 4 rings (SSSR count). The van der Waals surface area contributed by atoms with E-state index in [1.54, 1.807) is 32.0 Å². The molecule has 174 valence electrons. The maximum absolute atomic E-state index is 13.2. The Hall–Kier alpha value is -2.54. The predicted molar refractivity (Wildman–Crippen MR) is 121 cm³/mol. The molecule has 1 aromatic rings. The third-order valence-electron chi connectivity index (χ3n) is 6.28. The molecule has 0 saturated heterocycles. The van der Waals surface area contributed by atoms with Gasteiger partial charge in [-0.2, -0.15) is 0 Å². The predicted octanol–water partition coefficient (Wildman–Crippen LogP) is 3.47. The van der Waals surface area contributed by atoms with Gasteiger partial charge in [0, 0.05) is 10.6 Å². The van der Waals surface area contributed by atoms with Crippen molar-refractivity contribution in [1.82, 2.24) is 10.6 Å². The highest BCUT2D eigenvalue weighted by molar-refractivity contribution is 6.30. The molecule has 0 heterocycles. The summed E-state index contributed by atoms with van der Waals surface area (Å²) in [6.07, 6.45) is 3.79. The minimum Gasteiger partial charge on any atom is -0.478 e. The molecule has 0 aromatic heterocycles. The number of methoxy groups -OCH3 is 1. The molecule has 3 aliphatic carbocycles. The molecule has 8 heteroatoms. The molecule has 1 fully saturated rings. The summed E-state index contributed by atoms with van der Waals surface area (Å²) in [7, 11) is 1.26. The maximum Gasteiger partial charge on any atom is 0.315 e. The first kappa shape index (κ1) is 24.1. The quantitative estimate of drug-likeness (QED) is 0.367. The Morgan fingerprint density at radius 1 is 1.25 bits per heavy atom. The molecule has 1 aromatic carbocycles. The minimum atomic E-state index is -1.11. The molecule has 2 amide bonds. The molecular formula is C24H31ClN2O5. The van der Waals surface area contributed by atoms with Crippen molar-refractivity contribution < 1.29 is 23.9 Å². The van der Waals surface area contributed by atoms with Gasteiger partial charge in [-0.25, -0.2) is 0 Å². The van der Waals surface area contributed by atoms with Crippen molar-refractivity contribution in [2.75, 3.05) is 7.11 Å². The number of nitrogens with one attached hydrogen (secondary N) is 2. The van der Waals surface area contributed by atoms with Gasteiger partial charge in [-0.15, -0.1) is 0 Å². The van der Waals surface area contributed by atoms with Crippen LogP contribution in [0.5, 0.6) is 5.75 Å². The van der Waals surface area contributed by atoms with Crippen LogP contribution in [0.1, 0.15) is 52.0 Å². The Bertz CT molecular complexity index is 958. The molecule has 32 heavy (non-hydrogen) atoms. The van der Waals surface area contributed by atoms with Gasteiger partial charge < -0.3 is 20.1 Å². The summed E-state index contributed by atoms with van der Waals surface area (Å²) in [6.45, 7) is 7.41. The summed E-state index contributed by atoms with van der Waals surface area (Å²) in [5, 5.41) is 6.76. The number of benzene rings is 1. The first-order valence-electron chi connectivity index (χ1n) is 10.8. The molecule has 2 bridgehead atoms. The van der Waals surface area contributed by atoms with E-state index in [1.807, 2.05) is 6.92 Å². The van der Waals surface area contributed by atoms with E-state index in [-0.39, 0.29) is 30.2 Å². The van der Waals surface area contributed by atoms with Gasteiger partial charge in [-0.1, -0.05) is 24.6 Å². The zero-order valence-corrected chi connectivity index (χ0v) is 20.0. The van der Waals surface area contributed by atoms with Gasteiger partial charge in [0.25, 0.3) is 5.91 Å². The number of esters is 1. The Morgan fingerprint density at radius 2 is 1.97 bits per heavy atom. The van der Waals surface area contributed by atoms with E-state index < -0.39 is 17.1 Å². The van der Waals surface area contributed by atoms with Crippen LogP contribution in [-0.4, -0.2) is 42.1 Å². The molecule has 7 nitrogen and oxygen atoms in total. The second kappa shape index (κ2) is 9.14. The summed E-state index contributed by atoms with van der Waals surface area (Å²) in [6, 6.07) is 5.06. The molecular weight excluding hydrogens is 432 g/mol. The fourth-order valence-corrected chi connectivity index (χ4v) is 4.90. The lowest BCUT2D eigenvalue weighted by Gasteiger charge is -2.50. The number of ether oxygens (including phenoxy) is 2. The maximum atomic E-state index is 13.2. The standard InChI is InChI=1S/C24H31ClN2O5/c1-14-10-16(25)6-7-19(14)32-23(3,4)22(30)26-18-13-24(9-8-17(18)15(2)12-24)27-20(28)11-21(29)31-5/h6-8,10,15,18H,9,11-13H2,1-5H3,(H,26,30)(H,27,28)/t15-,18?,24-/m1/s1. The van der Waals surface area contributed by atoms with Gasteiger partial charge in [-0.05, 0) is 75.3 Å². The number of rotatable bonds is 7. The van der Waals surface area contributed by atoms with Crippen LogP contribution in [0.25, 0.3) is 0 Å². The van der Waals surface area contributed by atoms with E-state index in [0.717, 1.165) is 12.0 Å². The van der Waals surface area contributed by atoms with E-state index in [1.165, 1.54) is 12.7 Å². The van der Waals surface area contributed by atoms with E-state index in [9.17, 15) is 14.4 Å². The highest BCUT2D eigenvalue weighted by atomic mass is 35.5. The van der Waals surface area contributed by atoms with Gasteiger partial charge in [0.2, 0.25) is 5.91 Å². The number of carbonyl (C=O) groups is 3. The van der Waals surface area contributed by atoms with Crippen molar-refractivity contribution in [3.63, 3.8) is 0 Å². The van der Waals surface area contributed by atoms with Crippen LogP contribution in [-0.2, 0) is 19.1 Å². The summed E-state index contributed by atoms with van der Waals surface area (Å²) < 4.78 is 10.6. The van der Waals surface area contributed by atoms with Crippen LogP contribution in [0.15, 0.2) is 29.8 Å². The number of hydrogen-bond donors (Lipinski definition) is 2. The summed E-state index contributed by atoms with van der Waals surface area (Å²) in [5.41, 5.74) is 0.405. The SMILES string of the molecule is COC(=O)CC(=O)N[C@@]12CC=C(C(NC(=O)C(C)(C)Oc3ccc(Cl)cc3C)C1)[C@H](C)C2. The molecule has 3 atom stereocenters. The number of aryl methyl sites for hydroxylation is 1. The molecule has 2 N–H and O–H groups in total. The average molecular weight is 463 g/mol. The molecule has 1 unspecified atom stereocenters. The highest BCUT2D eigenvalue weighted by Gasteiger charge is 2.47. The third-order valence-corrected chi connectivity index (χ3v) is 6.52.